The minimum atomic E-state index is -1.09. The Hall–Kier alpha value is -0.140. The van der Waals surface area contributed by atoms with Crippen LogP contribution in [0.3, 0.4) is 0 Å². The molecule has 0 bridgehead atoms. The summed E-state index contributed by atoms with van der Waals surface area (Å²) in [6, 6.07) is 0. The van der Waals surface area contributed by atoms with Crippen molar-refractivity contribution in [2.45, 2.75) is 0 Å². The molecule has 0 unspecified atom stereocenters. The molecule has 1 rings (SSSR count). The van der Waals surface area contributed by atoms with Gasteiger partial charge in [-0.2, -0.15) is 0 Å². The molecular formula is C6H3Br3N2O2. The van der Waals surface area contributed by atoms with Gasteiger partial charge in [0.2, 0.25) is 0 Å². The summed E-state index contributed by atoms with van der Waals surface area (Å²) in [7, 11) is 0. The van der Waals surface area contributed by atoms with Crippen molar-refractivity contribution in [3.05, 3.63) is 19.2 Å². The first-order valence-corrected chi connectivity index (χ1v) is 5.36. The number of nitrogens with two attached hydrogens (primary N) is 1. The number of hydrogen-bond acceptors (Lipinski definition) is 3. The van der Waals surface area contributed by atoms with E-state index in [0.29, 0.717) is 9.08 Å². The maximum Gasteiger partial charge on any atom is 0.339 e. The third-order valence-corrected chi connectivity index (χ3v) is 3.30. The fourth-order valence-electron chi connectivity index (χ4n) is 0.700. The second-order valence-electron chi connectivity index (χ2n) is 2.10. The van der Waals surface area contributed by atoms with Crippen LogP contribution in [0.4, 0.5) is 5.69 Å². The van der Waals surface area contributed by atoms with Gasteiger partial charge in [0.25, 0.3) is 0 Å². The lowest BCUT2D eigenvalue weighted by molar-refractivity contribution is 0.0694. The van der Waals surface area contributed by atoms with Crippen LogP contribution in [-0.2, 0) is 0 Å². The standard InChI is InChI=1S/C6H3Br3N2O2/c7-2-1(6(12)13)4(8)11-5(9)3(2)10/h10H2,(H,12,13). The second kappa shape index (κ2) is 3.93. The molecule has 0 amide bonds. The molecule has 0 aliphatic rings. The van der Waals surface area contributed by atoms with Gasteiger partial charge in [-0.3, -0.25) is 0 Å². The van der Waals surface area contributed by atoms with Crippen LogP contribution in [-0.4, -0.2) is 16.1 Å². The maximum absolute atomic E-state index is 10.7. The van der Waals surface area contributed by atoms with E-state index in [4.69, 9.17) is 10.8 Å². The summed E-state index contributed by atoms with van der Waals surface area (Å²) in [6.07, 6.45) is 0. The number of nitrogens with zero attached hydrogens (tertiary/aromatic N) is 1. The van der Waals surface area contributed by atoms with Crippen LogP contribution >= 0.6 is 47.8 Å². The fourth-order valence-corrected chi connectivity index (χ4v) is 2.94. The van der Waals surface area contributed by atoms with Crippen LogP contribution in [0, 0.1) is 0 Å². The lowest BCUT2D eigenvalue weighted by Gasteiger charge is -2.06. The highest BCUT2D eigenvalue weighted by Gasteiger charge is 2.18. The Bertz CT molecular complexity index is 381. The predicted octanol–water partition coefficient (Wildman–Crippen LogP) is 2.65. The third-order valence-electron chi connectivity index (χ3n) is 1.29. The van der Waals surface area contributed by atoms with E-state index < -0.39 is 5.97 Å². The van der Waals surface area contributed by atoms with Gasteiger partial charge in [-0.1, -0.05) is 0 Å². The topological polar surface area (TPSA) is 76.2 Å². The molecule has 0 aliphatic heterocycles. The molecule has 1 aromatic heterocycles. The molecule has 70 valence electrons. The van der Waals surface area contributed by atoms with Crippen LogP contribution in [0.15, 0.2) is 13.7 Å². The summed E-state index contributed by atoms with van der Waals surface area (Å²) >= 11 is 9.19. The minimum absolute atomic E-state index is 0.0145. The molecule has 7 heteroatoms. The number of anilines is 1. The minimum Gasteiger partial charge on any atom is -0.478 e. The molecule has 3 N–H and O–H groups in total. The van der Waals surface area contributed by atoms with E-state index in [2.05, 4.69) is 52.8 Å². The van der Waals surface area contributed by atoms with Crippen molar-refractivity contribution in [2.24, 2.45) is 0 Å². The average molecular weight is 375 g/mol. The summed E-state index contributed by atoms with van der Waals surface area (Å²) in [5.41, 5.74) is 5.83. The highest BCUT2D eigenvalue weighted by atomic mass is 79.9. The first kappa shape index (κ1) is 10.9. The number of carboxylic acid groups (broad SMARTS) is 1. The Morgan fingerprint density at radius 2 is 1.85 bits per heavy atom. The molecule has 0 fully saturated rings. The van der Waals surface area contributed by atoms with E-state index in [1.54, 1.807) is 0 Å². The average Bonchev–Trinajstić information content (AvgIpc) is 1.99. The molecule has 1 aromatic rings. The van der Waals surface area contributed by atoms with E-state index in [1.807, 2.05) is 0 Å². The van der Waals surface area contributed by atoms with Crippen LogP contribution in [0.5, 0.6) is 0 Å². The Morgan fingerprint density at radius 1 is 1.31 bits per heavy atom. The van der Waals surface area contributed by atoms with Gasteiger partial charge < -0.3 is 10.8 Å². The van der Waals surface area contributed by atoms with Crippen molar-refractivity contribution in [2.75, 3.05) is 5.73 Å². The summed E-state index contributed by atoms with van der Waals surface area (Å²) in [4.78, 5) is 14.6. The normalized spacial score (nSPS) is 10.1. The van der Waals surface area contributed by atoms with Crippen molar-refractivity contribution < 1.29 is 9.90 Å². The van der Waals surface area contributed by atoms with Crippen molar-refractivity contribution in [1.82, 2.24) is 4.98 Å². The number of aromatic carboxylic acids is 1. The van der Waals surface area contributed by atoms with Crippen LogP contribution in [0.1, 0.15) is 10.4 Å². The first-order chi connectivity index (χ1) is 5.95. The van der Waals surface area contributed by atoms with Gasteiger partial charge in [0, 0.05) is 0 Å². The third kappa shape index (κ3) is 2.03. The Morgan fingerprint density at radius 3 is 2.31 bits per heavy atom. The summed E-state index contributed by atoms with van der Waals surface area (Å²) in [6.45, 7) is 0. The van der Waals surface area contributed by atoms with E-state index in [9.17, 15) is 4.79 Å². The van der Waals surface area contributed by atoms with Gasteiger partial charge in [-0.25, -0.2) is 9.78 Å². The Labute approximate surface area is 98.9 Å². The number of halogens is 3. The number of nitrogen functional groups attached to an aromatic ring is 1. The number of pyridine rings is 1. The second-order valence-corrected chi connectivity index (χ2v) is 4.40. The van der Waals surface area contributed by atoms with Crippen molar-refractivity contribution in [1.29, 1.82) is 0 Å². The quantitative estimate of drug-likeness (QED) is 0.741. The van der Waals surface area contributed by atoms with Crippen LogP contribution in [0.25, 0.3) is 0 Å². The molecule has 0 spiro atoms. The first-order valence-electron chi connectivity index (χ1n) is 2.98. The molecule has 13 heavy (non-hydrogen) atoms. The summed E-state index contributed by atoms with van der Waals surface area (Å²) in [5.74, 6) is -1.09. The van der Waals surface area contributed by atoms with Gasteiger partial charge >= 0.3 is 5.97 Å². The molecule has 4 nitrogen and oxygen atoms in total. The predicted molar refractivity (Wildman–Crippen MR) is 58.7 cm³/mol. The Balaban J connectivity index is 3.53. The van der Waals surface area contributed by atoms with Gasteiger partial charge in [0.05, 0.1) is 10.2 Å². The zero-order valence-corrected chi connectivity index (χ0v) is 10.8. The highest BCUT2D eigenvalue weighted by molar-refractivity contribution is 9.11. The van der Waals surface area contributed by atoms with Crippen LogP contribution in [0.2, 0.25) is 0 Å². The summed E-state index contributed by atoms with van der Waals surface area (Å²) in [5, 5.41) is 8.79. The molecule has 0 aromatic carbocycles. The monoisotopic (exact) mass is 372 g/mol. The zero-order chi connectivity index (χ0) is 10.2. The lowest BCUT2D eigenvalue weighted by atomic mass is 10.3. The number of hydrogen-bond donors (Lipinski definition) is 2. The lowest BCUT2D eigenvalue weighted by Crippen LogP contribution is -2.04. The van der Waals surface area contributed by atoms with Crippen molar-refractivity contribution in [3.63, 3.8) is 0 Å². The van der Waals surface area contributed by atoms with E-state index in [-0.39, 0.29) is 15.9 Å². The molecular weight excluding hydrogens is 372 g/mol. The van der Waals surface area contributed by atoms with E-state index in [1.165, 1.54) is 0 Å². The van der Waals surface area contributed by atoms with Crippen molar-refractivity contribution >= 4 is 59.4 Å². The maximum atomic E-state index is 10.7. The number of rotatable bonds is 1. The van der Waals surface area contributed by atoms with Gasteiger partial charge in [-0.05, 0) is 47.8 Å². The largest absolute Gasteiger partial charge is 0.478 e. The molecule has 0 aliphatic carbocycles. The number of carbonyl (C=O) groups is 1. The highest BCUT2D eigenvalue weighted by Crippen LogP contribution is 2.33. The van der Waals surface area contributed by atoms with Crippen molar-refractivity contribution in [3.8, 4) is 0 Å². The van der Waals surface area contributed by atoms with E-state index in [0.717, 1.165) is 0 Å². The van der Waals surface area contributed by atoms with Gasteiger partial charge in [0.15, 0.2) is 0 Å². The number of carboxylic acids is 1. The zero-order valence-electron chi connectivity index (χ0n) is 6.01. The Kier molecular flexibility index (Phi) is 3.31. The molecule has 0 saturated carbocycles. The van der Waals surface area contributed by atoms with E-state index >= 15 is 0 Å². The number of aromatic nitrogens is 1. The summed E-state index contributed by atoms with van der Waals surface area (Å²) < 4.78 is 0.943. The van der Waals surface area contributed by atoms with Crippen LogP contribution < -0.4 is 5.73 Å². The SMILES string of the molecule is Nc1c(Br)nc(Br)c(C(=O)O)c1Br. The molecule has 1 heterocycles. The molecule has 0 saturated heterocycles. The molecule has 0 radical (unpaired) electrons. The van der Waals surface area contributed by atoms with Gasteiger partial charge in [0.1, 0.15) is 14.8 Å². The smallest absolute Gasteiger partial charge is 0.339 e. The molecule has 0 atom stereocenters. The fraction of sp³-hybridized carbons (Fsp3) is 0. The van der Waals surface area contributed by atoms with Gasteiger partial charge in [-0.15, -0.1) is 0 Å².